The molecule has 2 aromatic rings. The van der Waals surface area contributed by atoms with Crippen LogP contribution in [0.3, 0.4) is 0 Å². The van der Waals surface area contributed by atoms with Gasteiger partial charge in [0.15, 0.2) is 0 Å². The molecule has 7 heteroatoms. The molecule has 2 atom stereocenters. The monoisotopic (exact) mass is 422 g/mol. The Labute approximate surface area is 172 Å². The molecule has 0 saturated heterocycles. The standard InChI is InChI=1S/C21H27ClN2O3S/c1-5-16-7-9-17(10-8-16)15(3)23-21(25)20(6-2)24(28(4,26)27)19-13-11-18(22)12-14-19/h7-15,20H,5-6H2,1-4H3,(H,23,25)/t15-,20-/m0/s1. The minimum atomic E-state index is -3.67. The van der Waals surface area contributed by atoms with Crippen molar-refractivity contribution in [1.29, 1.82) is 0 Å². The van der Waals surface area contributed by atoms with Gasteiger partial charge in [-0.25, -0.2) is 8.42 Å². The van der Waals surface area contributed by atoms with Crippen LogP contribution in [0.2, 0.25) is 5.02 Å². The molecule has 0 radical (unpaired) electrons. The Morgan fingerprint density at radius 1 is 1.07 bits per heavy atom. The maximum absolute atomic E-state index is 13.0. The highest BCUT2D eigenvalue weighted by molar-refractivity contribution is 7.92. The van der Waals surface area contributed by atoms with E-state index in [0.29, 0.717) is 17.1 Å². The van der Waals surface area contributed by atoms with Gasteiger partial charge in [-0.15, -0.1) is 0 Å². The molecule has 1 N–H and O–H groups in total. The summed E-state index contributed by atoms with van der Waals surface area (Å²) in [7, 11) is -3.67. The number of amides is 1. The van der Waals surface area contributed by atoms with Crippen molar-refractivity contribution in [3.8, 4) is 0 Å². The Bertz CT molecular complexity index is 896. The topological polar surface area (TPSA) is 66.5 Å². The van der Waals surface area contributed by atoms with Gasteiger partial charge in [-0.3, -0.25) is 9.10 Å². The molecule has 0 aromatic heterocycles. The van der Waals surface area contributed by atoms with Crippen molar-refractivity contribution in [3.63, 3.8) is 0 Å². The van der Waals surface area contributed by atoms with E-state index < -0.39 is 16.1 Å². The number of rotatable bonds is 8. The molecule has 0 aliphatic rings. The fraction of sp³-hybridized carbons (Fsp3) is 0.381. The lowest BCUT2D eigenvalue weighted by Gasteiger charge is -2.31. The zero-order valence-electron chi connectivity index (χ0n) is 16.6. The van der Waals surface area contributed by atoms with Crippen molar-refractivity contribution in [2.45, 2.75) is 45.7 Å². The number of nitrogens with one attached hydrogen (secondary N) is 1. The Morgan fingerprint density at radius 3 is 2.11 bits per heavy atom. The number of sulfonamides is 1. The Morgan fingerprint density at radius 2 is 1.64 bits per heavy atom. The maximum Gasteiger partial charge on any atom is 0.244 e. The van der Waals surface area contributed by atoms with Crippen LogP contribution >= 0.6 is 11.6 Å². The number of anilines is 1. The largest absolute Gasteiger partial charge is 0.348 e. The highest BCUT2D eigenvalue weighted by atomic mass is 35.5. The molecule has 152 valence electrons. The lowest BCUT2D eigenvalue weighted by molar-refractivity contribution is -0.122. The fourth-order valence-corrected chi connectivity index (χ4v) is 4.42. The predicted molar refractivity (Wildman–Crippen MR) is 115 cm³/mol. The summed E-state index contributed by atoms with van der Waals surface area (Å²) in [5.74, 6) is -0.338. The molecule has 2 aromatic carbocycles. The quantitative estimate of drug-likeness (QED) is 0.688. The van der Waals surface area contributed by atoms with Crippen molar-refractivity contribution < 1.29 is 13.2 Å². The molecule has 2 rings (SSSR count). The third kappa shape index (κ3) is 5.49. The van der Waals surface area contributed by atoms with Crippen LogP contribution in [-0.2, 0) is 21.2 Å². The first-order valence-electron chi connectivity index (χ1n) is 9.31. The molecule has 0 aliphatic heterocycles. The first kappa shape index (κ1) is 22.2. The third-order valence-electron chi connectivity index (χ3n) is 4.66. The summed E-state index contributed by atoms with van der Waals surface area (Å²) in [5, 5.41) is 3.45. The summed E-state index contributed by atoms with van der Waals surface area (Å²) < 4.78 is 26.1. The lowest BCUT2D eigenvalue weighted by atomic mass is 10.0. The second-order valence-corrected chi connectivity index (χ2v) is 9.08. The molecule has 0 fully saturated rings. The van der Waals surface area contributed by atoms with E-state index in [1.165, 1.54) is 5.56 Å². The van der Waals surface area contributed by atoms with Crippen LogP contribution in [0.5, 0.6) is 0 Å². The maximum atomic E-state index is 13.0. The summed E-state index contributed by atoms with van der Waals surface area (Å²) in [6, 6.07) is 13.4. The molecule has 5 nitrogen and oxygen atoms in total. The van der Waals surface area contributed by atoms with E-state index in [4.69, 9.17) is 11.6 Å². The lowest BCUT2D eigenvalue weighted by Crippen LogP contribution is -2.49. The van der Waals surface area contributed by atoms with Crippen molar-refractivity contribution >= 4 is 33.2 Å². The van der Waals surface area contributed by atoms with Crippen molar-refractivity contribution in [3.05, 3.63) is 64.7 Å². The first-order chi connectivity index (χ1) is 13.2. The number of hydrogen-bond donors (Lipinski definition) is 1. The number of carbonyl (C=O) groups is 1. The summed E-state index contributed by atoms with van der Waals surface area (Å²) in [6.45, 7) is 5.76. The van der Waals surface area contributed by atoms with Crippen LogP contribution in [0, 0.1) is 0 Å². The molecule has 0 saturated carbocycles. The summed E-state index contributed by atoms with van der Waals surface area (Å²) in [5.41, 5.74) is 2.60. The summed E-state index contributed by atoms with van der Waals surface area (Å²) >= 11 is 5.92. The molecule has 28 heavy (non-hydrogen) atoms. The summed E-state index contributed by atoms with van der Waals surface area (Å²) in [6.07, 6.45) is 2.39. The van der Waals surface area contributed by atoms with Crippen LogP contribution in [-0.4, -0.2) is 26.6 Å². The van der Waals surface area contributed by atoms with Gasteiger partial charge in [0.05, 0.1) is 18.0 Å². The molecule has 0 bridgehead atoms. The first-order valence-corrected chi connectivity index (χ1v) is 11.5. The normalized spacial score (nSPS) is 13.6. The average Bonchev–Trinajstić information content (AvgIpc) is 2.66. The second-order valence-electron chi connectivity index (χ2n) is 6.78. The van der Waals surface area contributed by atoms with E-state index >= 15 is 0 Å². The van der Waals surface area contributed by atoms with E-state index in [1.54, 1.807) is 31.2 Å². The van der Waals surface area contributed by atoms with E-state index in [-0.39, 0.29) is 11.9 Å². The Hall–Kier alpha value is -2.05. The molecule has 0 spiro atoms. The van der Waals surface area contributed by atoms with Gasteiger partial charge in [0.25, 0.3) is 0 Å². The van der Waals surface area contributed by atoms with Gasteiger partial charge in [0.1, 0.15) is 6.04 Å². The molecule has 0 aliphatic carbocycles. The molecule has 0 heterocycles. The van der Waals surface area contributed by atoms with E-state index in [0.717, 1.165) is 22.5 Å². The smallest absolute Gasteiger partial charge is 0.244 e. The Balaban J connectivity index is 2.26. The molecular formula is C21H27ClN2O3S. The second kappa shape index (κ2) is 9.43. The summed E-state index contributed by atoms with van der Waals surface area (Å²) in [4.78, 5) is 13.0. The van der Waals surface area contributed by atoms with Gasteiger partial charge in [0.2, 0.25) is 15.9 Å². The zero-order valence-corrected chi connectivity index (χ0v) is 18.2. The van der Waals surface area contributed by atoms with Crippen LogP contribution in [0.4, 0.5) is 5.69 Å². The molecule has 1 amide bonds. The van der Waals surface area contributed by atoms with Crippen molar-refractivity contribution in [2.24, 2.45) is 0 Å². The van der Waals surface area contributed by atoms with Crippen molar-refractivity contribution in [1.82, 2.24) is 5.32 Å². The third-order valence-corrected chi connectivity index (χ3v) is 6.09. The Kier molecular flexibility index (Phi) is 7.49. The minimum Gasteiger partial charge on any atom is -0.348 e. The molecule has 0 unspecified atom stereocenters. The van der Waals surface area contributed by atoms with Crippen LogP contribution < -0.4 is 9.62 Å². The van der Waals surface area contributed by atoms with Crippen LogP contribution in [0.1, 0.15) is 44.4 Å². The average molecular weight is 423 g/mol. The highest BCUT2D eigenvalue weighted by Gasteiger charge is 2.32. The number of hydrogen-bond acceptors (Lipinski definition) is 3. The van der Waals surface area contributed by atoms with E-state index in [9.17, 15) is 13.2 Å². The number of carbonyl (C=O) groups excluding carboxylic acids is 1. The SMILES string of the molecule is CCc1ccc([C@H](C)NC(=O)[C@H](CC)N(c2ccc(Cl)cc2)S(C)(=O)=O)cc1. The van der Waals surface area contributed by atoms with Crippen LogP contribution in [0.15, 0.2) is 48.5 Å². The van der Waals surface area contributed by atoms with Crippen LogP contribution in [0.25, 0.3) is 0 Å². The van der Waals surface area contributed by atoms with Gasteiger partial charge in [-0.1, -0.05) is 49.7 Å². The van der Waals surface area contributed by atoms with Gasteiger partial charge >= 0.3 is 0 Å². The highest BCUT2D eigenvalue weighted by Crippen LogP contribution is 2.25. The predicted octanol–water partition coefficient (Wildman–Crippen LogP) is 4.32. The number of benzene rings is 2. The van der Waals surface area contributed by atoms with Gasteiger partial charge in [-0.2, -0.15) is 0 Å². The van der Waals surface area contributed by atoms with Gasteiger partial charge < -0.3 is 5.32 Å². The van der Waals surface area contributed by atoms with Gasteiger partial charge in [0, 0.05) is 5.02 Å². The number of halogens is 1. The number of nitrogens with zero attached hydrogens (tertiary/aromatic N) is 1. The fourth-order valence-electron chi connectivity index (χ4n) is 3.08. The van der Waals surface area contributed by atoms with Crippen molar-refractivity contribution in [2.75, 3.05) is 10.6 Å². The minimum absolute atomic E-state index is 0.237. The van der Waals surface area contributed by atoms with Gasteiger partial charge in [-0.05, 0) is 55.2 Å². The van der Waals surface area contributed by atoms with E-state index in [2.05, 4.69) is 12.2 Å². The molecular weight excluding hydrogens is 396 g/mol. The number of aryl methyl sites for hydroxylation is 1. The zero-order chi connectivity index (χ0) is 20.9. The van der Waals surface area contributed by atoms with E-state index in [1.807, 2.05) is 31.2 Å².